The molecule has 6 heteroatoms. The average Bonchev–Trinajstić information content (AvgIpc) is 2.12. The SMILES string of the molecule is [2H]C([2H])([2H])C([2H])([2H])C([2H])([2H])Oc1nc(Cl)nc(Cl)n1. The molecule has 0 bridgehead atoms. The van der Waals surface area contributed by atoms with Crippen molar-refractivity contribution in [3.63, 3.8) is 0 Å². The normalized spacial score (nSPS) is 22.0. The van der Waals surface area contributed by atoms with Crippen LogP contribution in [0.5, 0.6) is 6.01 Å². The van der Waals surface area contributed by atoms with Gasteiger partial charge in [0, 0.05) is 6.85 Å². The standard InChI is InChI=1S/C6H7Cl2N3O/c1-2-3-12-6-10-4(7)9-5(8)11-6/h2-3H2,1H3/i1D3,2D2,3D2. The zero-order valence-electron chi connectivity index (χ0n) is 12.5. The van der Waals surface area contributed by atoms with Gasteiger partial charge in [0.05, 0.1) is 9.30 Å². The van der Waals surface area contributed by atoms with E-state index in [9.17, 15) is 0 Å². The van der Waals surface area contributed by atoms with Crippen molar-refractivity contribution in [2.45, 2.75) is 13.2 Å². The summed E-state index contributed by atoms with van der Waals surface area (Å²) < 4.78 is 54.8. The Labute approximate surface area is 89.7 Å². The van der Waals surface area contributed by atoms with Crippen molar-refractivity contribution < 1.29 is 14.3 Å². The highest BCUT2D eigenvalue weighted by molar-refractivity contribution is 6.31. The number of nitrogens with zero attached hydrogens (tertiary/aromatic N) is 3. The van der Waals surface area contributed by atoms with Gasteiger partial charge in [0.2, 0.25) is 10.6 Å². The van der Waals surface area contributed by atoms with Crippen LogP contribution >= 0.6 is 23.2 Å². The predicted octanol–water partition coefficient (Wildman–Crippen LogP) is 1.97. The van der Waals surface area contributed by atoms with E-state index in [1.165, 1.54) is 0 Å². The highest BCUT2D eigenvalue weighted by Gasteiger charge is 2.02. The summed E-state index contributed by atoms with van der Waals surface area (Å²) in [6.07, 6.45) is -3.30. The van der Waals surface area contributed by atoms with Crippen LogP contribution < -0.4 is 4.74 Å². The van der Waals surface area contributed by atoms with E-state index >= 15 is 0 Å². The summed E-state index contributed by atoms with van der Waals surface area (Å²) in [6, 6.07) is -0.719. The van der Waals surface area contributed by atoms with Gasteiger partial charge in [0.1, 0.15) is 0 Å². The van der Waals surface area contributed by atoms with Gasteiger partial charge >= 0.3 is 6.01 Å². The van der Waals surface area contributed by atoms with Gasteiger partial charge in [-0.1, -0.05) is 6.85 Å². The molecule has 66 valence electrons. The van der Waals surface area contributed by atoms with Crippen molar-refractivity contribution in [2.75, 3.05) is 6.56 Å². The van der Waals surface area contributed by atoms with Crippen LogP contribution in [0.25, 0.3) is 0 Å². The molecule has 0 amide bonds. The number of aromatic nitrogens is 3. The smallest absolute Gasteiger partial charge is 0.322 e. The van der Waals surface area contributed by atoms with Crippen molar-refractivity contribution in [3.8, 4) is 6.01 Å². The van der Waals surface area contributed by atoms with Crippen molar-refractivity contribution >= 4 is 23.2 Å². The number of hydrogen-bond donors (Lipinski definition) is 0. The molecule has 0 spiro atoms. The lowest BCUT2D eigenvalue weighted by Gasteiger charge is -2.01. The zero-order chi connectivity index (χ0) is 15.1. The fourth-order valence-electron chi connectivity index (χ4n) is 0.426. The van der Waals surface area contributed by atoms with Gasteiger partial charge < -0.3 is 4.74 Å². The first-order chi connectivity index (χ1) is 8.37. The molecular formula is C6H7Cl2N3O. The van der Waals surface area contributed by atoms with E-state index in [0.29, 0.717) is 0 Å². The molecule has 1 rings (SSSR count). The van der Waals surface area contributed by atoms with Crippen LogP contribution in [0.3, 0.4) is 0 Å². The van der Waals surface area contributed by atoms with Crippen molar-refractivity contribution in [1.29, 1.82) is 0 Å². The van der Waals surface area contributed by atoms with Gasteiger partial charge in [0.25, 0.3) is 0 Å². The molecule has 0 aromatic carbocycles. The van der Waals surface area contributed by atoms with Gasteiger partial charge in [0.15, 0.2) is 0 Å². The molecule has 12 heavy (non-hydrogen) atoms. The summed E-state index contributed by atoms with van der Waals surface area (Å²) in [5, 5.41) is -0.805. The van der Waals surface area contributed by atoms with Crippen LogP contribution in [0.1, 0.15) is 22.8 Å². The van der Waals surface area contributed by atoms with E-state index in [1.807, 2.05) is 0 Å². The van der Waals surface area contributed by atoms with E-state index in [-0.39, 0.29) is 0 Å². The zero-order valence-corrected chi connectivity index (χ0v) is 7.02. The molecule has 0 unspecified atom stereocenters. The second-order valence-electron chi connectivity index (χ2n) is 1.49. The summed E-state index contributed by atoms with van der Waals surface area (Å²) in [6.45, 7) is -6.48. The highest BCUT2D eigenvalue weighted by atomic mass is 35.5. The fraction of sp³-hybridized carbons (Fsp3) is 0.500. The third-order valence-corrected chi connectivity index (χ3v) is 1.09. The summed E-state index contributed by atoms with van der Waals surface area (Å²) in [5.41, 5.74) is 0. The third-order valence-electron chi connectivity index (χ3n) is 0.754. The maximum atomic E-state index is 7.39. The Morgan fingerprint density at radius 3 is 2.67 bits per heavy atom. The molecule has 0 saturated carbocycles. The van der Waals surface area contributed by atoms with Crippen LogP contribution in [0, 0.1) is 0 Å². The Balaban J connectivity index is 3.09. The Morgan fingerprint density at radius 2 is 2.08 bits per heavy atom. The van der Waals surface area contributed by atoms with E-state index < -0.39 is 36.4 Å². The molecule has 0 aliphatic carbocycles. The molecule has 0 saturated heterocycles. The molecule has 0 radical (unpaired) electrons. The van der Waals surface area contributed by atoms with Crippen LogP contribution in [-0.4, -0.2) is 21.5 Å². The quantitative estimate of drug-likeness (QED) is 0.773. The maximum Gasteiger partial charge on any atom is 0.322 e. The largest absolute Gasteiger partial charge is 0.463 e. The molecule has 1 heterocycles. The van der Waals surface area contributed by atoms with E-state index in [0.717, 1.165) is 0 Å². The van der Waals surface area contributed by atoms with E-state index in [1.54, 1.807) is 0 Å². The Kier molecular flexibility index (Phi) is 1.34. The fourth-order valence-corrected chi connectivity index (χ4v) is 0.774. The monoisotopic (exact) mass is 214 g/mol. The highest BCUT2D eigenvalue weighted by Crippen LogP contribution is 2.11. The second-order valence-corrected chi connectivity index (χ2v) is 2.16. The average molecular weight is 215 g/mol. The molecule has 1 aromatic rings. The lowest BCUT2D eigenvalue weighted by Crippen LogP contribution is -2.01. The first-order valence-corrected chi connectivity index (χ1v) is 3.38. The summed E-state index contributed by atoms with van der Waals surface area (Å²) in [5.74, 6) is 0. The number of ether oxygens (including phenoxy) is 1. The minimum atomic E-state index is -3.30. The van der Waals surface area contributed by atoms with Crippen molar-refractivity contribution in [1.82, 2.24) is 15.0 Å². The summed E-state index contributed by atoms with van der Waals surface area (Å²) in [4.78, 5) is 10.1. The van der Waals surface area contributed by atoms with E-state index in [2.05, 4.69) is 19.7 Å². The lowest BCUT2D eigenvalue weighted by molar-refractivity contribution is 0.291. The van der Waals surface area contributed by atoms with Gasteiger partial charge in [-0.15, -0.1) is 0 Å². The Bertz CT molecular complexity index is 460. The molecule has 0 aliphatic heterocycles. The second kappa shape index (κ2) is 4.42. The Hall–Kier alpha value is -0.610. The minimum Gasteiger partial charge on any atom is -0.463 e. The predicted molar refractivity (Wildman–Crippen MR) is 45.6 cm³/mol. The van der Waals surface area contributed by atoms with Gasteiger partial charge in [-0.05, 0) is 29.6 Å². The number of hydrogen-bond acceptors (Lipinski definition) is 4. The van der Waals surface area contributed by atoms with Crippen LogP contribution in [0.2, 0.25) is 10.6 Å². The van der Waals surface area contributed by atoms with Gasteiger partial charge in [-0.3, -0.25) is 0 Å². The Morgan fingerprint density at radius 1 is 1.42 bits per heavy atom. The molecule has 0 atom stereocenters. The van der Waals surface area contributed by atoms with Gasteiger partial charge in [-0.25, -0.2) is 0 Å². The third kappa shape index (κ3) is 2.79. The molecule has 4 nitrogen and oxygen atoms in total. The number of rotatable bonds is 3. The van der Waals surface area contributed by atoms with Gasteiger partial charge in [-0.2, -0.15) is 15.0 Å². The topological polar surface area (TPSA) is 47.9 Å². The van der Waals surface area contributed by atoms with Crippen LogP contribution in [-0.2, 0) is 0 Å². The maximum absolute atomic E-state index is 7.39. The van der Waals surface area contributed by atoms with E-state index in [4.69, 9.17) is 32.8 Å². The lowest BCUT2D eigenvalue weighted by atomic mass is 10.5. The summed E-state index contributed by atoms with van der Waals surface area (Å²) >= 11 is 10.9. The number of halogens is 2. The molecule has 0 N–H and O–H groups in total. The summed E-state index contributed by atoms with van der Waals surface area (Å²) in [7, 11) is 0. The molecule has 0 fully saturated rings. The molecule has 1 aromatic heterocycles. The van der Waals surface area contributed by atoms with Crippen LogP contribution in [0.4, 0.5) is 0 Å². The minimum absolute atomic E-state index is 0.403. The first kappa shape index (κ1) is 3.64. The molecular weight excluding hydrogens is 201 g/mol. The van der Waals surface area contributed by atoms with Crippen LogP contribution in [0.15, 0.2) is 0 Å². The van der Waals surface area contributed by atoms with Crippen molar-refractivity contribution in [3.05, 3.63) is 10.6 Å². The first-order valence-electron chi connectivity index (χ1n) is 6.13. The van der Waals surface area contributed by atoms with Crippen molar-refractivity contribution in [2.24, 2.45) is 0 Å². The molecule has 0 aliphatic rings.